The molecule has 80 valence electrons. The van der Waals surface area contributed by atoms with E-state index in [2.05, 4.69) is 6.07 Å². The van der Waals surface area contributed by atoms with E-state index in [0.29, 0.717) is 6.54 Å². The molecule has 0 bridgehead atoms. The van der Waals surface area contributed by atoms with Crippen LogP contribution < -0.4 is 0 Å². The van der Waals surface area contributed by atoms with E-state index in [1.165, 1.54) is 0 Å². The number of nitrogens with zero attached hydrogens (tertiary/aromatic N) is 2. The van der Waals surface area contributed by atoms with Crippen molar-refractivity contribution < 1.29 is 0 Å². The number of benzene rings is 1. The van der Waals surface area contributed by atoms with Crippen LogP contribution in [0.5, 0.6) is 0 Å². The number of rotatable bonds is 4. The van der Waals surface area contributed by atoms with Crippen LogP contribution in [0, 0.1) is 11.3 Å². The molecule has 0 saturated carbocycles. The Morgan fingerprint density at radius 3 is 2.47 bits per heavy atom. The highest BCUT2D eigenvalue weighted by molar-refractivity contribution is 6.20. The van der Waals surface area contributed by atoms with Gasteiger partial charge in [-0.3, -0.25) is 4.90 Å². The van der Waals surface area contributed by atoms with Crippen molar-refractivity contribution in [2.24, 2.45) is 0 Å². The van der Waals surface area contributed by atoms with E-state index in [0.717, 1.165) is 5.56 Å². The Morgan fingerprint density at radius 2 is 2.00 bits per heavy atom. The first-order chi connectivity index (χ1) is 7.16. The Hall–Kier alpha value is -1.04. The number of halogens is 1. The summed E-state index contributed by atoms with van der Waals surface area (Å²) < 4.78 is 0. The Bertz CT molecular complexity index is 329. The molecule has 0 aliphatic rings. The monoisotopic (exact) mass is 222 g/mol. The van der Waals surface area contributed by atoms with E-state index in [1.54, 1.807) is 0 Å². The van der Waals surface area contributed by atoms with Crippen LogP contribution in [0.4, 0.5) is 0 Å². The molecule has 0 spiro atoms. The largest absolute Gasteiger partial charge is 0.285 e. The van der Waals surface area contributed by atoms with Crippen LogP contribution in [-0.2, 0) is 0 Å². The highest BCUT2D eigenvalue weighted by Gasteiger charge is 2.21. The number of alkyl halides is 1. The maximum atomic E-state index is 8.68. The lowest BCUT2D eigenvalue weighted by atomic mass is 10.0. The van der Waals surface area contributed by atoms with Crippen molar-refractivity contribution >= 4 is 11.6 Å². The molecule has 0 unspecified atom stereocenters. The lowest BCUT2D eigenvalue weighted by molar-refractivity contribution is 0.270. The summed E-state index contributed by atoms with van der Waals surface area (Å²) >= 11 is 6.16. The minimum Gasteiger partial charge on any atom is -0.285 e. The average Bonchev–Trinajstić information content (AvgIpc) is 2.19. The molecular weight excluding hydrogens is 208 g/mol. The van der Waals surface area contributed by atoms with Crippen LogP contribution in [0.3, 0.4) is 0 Å². The lowest BCUT2D eigenvalue weighted by Gasteiger charge is -2.28. The number of hydrogen-bond donors (Lipinski definition) is 0. The number of nitriles is 1. The van der Waals surface area contributed by atoms with Gasteiger partial charge in [-0.2, -0.15) is 5.26 Å². The van der Waals surface area contributed by atoms with Gasteiger partial charge in [-0.05, 0) is 19.5 Å². The highest BCUT2D eigenvalue weighted by Crippen LogP contribution is 2.25. The van der Waals surface area contributed by atoms with Crippen molar-refractivity contribution in [3.8, 4) is 6.07 Å². The van der Waals surface area contributed by atoms with Crippen LogP contribution in [0.25, 0.3) is 0 Å². The molecule has 0 N–H and O–H groups in total. The van der Waals surface area contributed by atoms with Crippen molar-refractivity contribution in [3.05, 3.63) is 35.9 Å². The summed E-state index contributed by atoms with van der Waals surface area (Å²) in [6.07, 6.45) is 0. The van der Waals surface area contributed by atoms with E-state index in [4.69, 9.17) is 16.9 Å². The predicted molar refractivity (Wildman–Crippen MR) is 62.7 cm³/mol. The average molecular weight is 223 g/mol. The van der Waals surface area contributed by atoms with Gasteiger partial charge in [0.1, 0.15) is 0 Å². The summed E-state index contributed by atoms with van der Waals surface area (Å²) in [5, 5.41) is 8.66. The Labute approximate surface area is 96.1 Å². The third-order valence-corrected chi connectivity index (χ3v) is 2.61. The molecule has 2 atom stereocenters. The van der Waals surface area contributed by atoms with E-state index >= 15 is 0 Å². The fourth-order valence-corrected chi connectivity index (χ4v) is 2.07. The molecule has 3 heteroatoms. The molecular formula is C12H15ClN2. The van der Waals surface area contributed by atoms with E-state index in [9.17, 15) is 0 Å². The SMILES string of the molecule is C[C@@H](Cl)[C@H](c1ccccc1)N(C)CC#N. The summed E-state index contributed by atoms with van der Waals surface area (Å²) in [6.45, 7) is 2.34. The fraction of sp³-hybridized carbons (Fsp3) is 0.417. The van der Waals surface area contributed by atoms with Gasteiger partial charge in [0.2, 0.25) is 0 Å². The Morgan fingerprint density at radius 1 is 1.40 bits per heavy atom. The lowest BCUT2D eigenvalue weighted by Crippen LogP contribution is -2.30. The molecule has 15 heavy (non-hydrogen) atoms. The topological polar surface area (TPSA) is 27.0 Å². The van der Waals surface area contributed by atoms with E-state index in [-0.39, 0.29) is 11.4 Å². The quantitative estimate of drug-likeness (QED) is 0.579. The second-order valence-corrected chi connectivity index (χ2v) is 4.29. The van der Waals surface area contributed by atoms with Crippen LogP contribution in [0.1, 0.15) is 18.5 Å². The van der Waals surface area contributed by atoms with E-state index in [1.807, 2.05) is 49.2 Å². The van der Waals surface area contributed by atoms with Crippen molar-refractivity contribution in [3.63, 3.8) is 0 Å². The second kappa shape index (κ2) is 5.75. The summed E-state index contributed by atoms with van der Waals surface area (Å²) in [6, 6.07) is 12.3. The minimum atomic E-state index is -0.0225. The van der Waals surface area contributed by atoms with Crippen LogP contribution in [0.15, 0.2) is 30.3 Å². The molecule has 0 heterocycles. The van der Waals surface area contributed by atoms with E-state index < -0.39 is 0 Å². The molecule has 1 rings (SSSR count). The third kappa shape index (κ3) is 3.23. The number of hydrogen-bond acceptors (Lipinski definition) is 2. The van der Waals surface area contributed by atoms with Gasteiger partial charge in [0.25, 0.3) is 0 Å². The van der Waals surface area contributed by atoms with Crippen LogP contribution in [-0.4, -0.2) is 23.9 Å². The van der Waals surface area contributed by atoms with Gasteiger partial charge >= 0.3 is 0 Å². The van der Waals surface area contributed by atoms with Crippen molar-refractivity contribution in [1.82, 2.24) is 4.90 Å². The third-order valence-electron chi connectivity index (χ3n) is 2.37. The zero-order chi connectivity index (χ0) is 11.3. The molecule has 2 nitrogen and oxygen atoms in total. The van der Waals surface area contributed by atoms with Gasteiger partial charge in [0.15, 0.2) is 0 Å². The van der Waals surface area contributed by atoms with Gasteiger partial charge < -0.3 is 0 Å². The van der Waals surface area contributed by atoms with Crippen molar-refractivity contribution in [2.75, 3.05) is 13.6 Å². The summed E-state index contributed by atoms with van der Waals surface area (Å²) in [4.78, 5) is 1.97. The zero-order valence-electron chi connectivity index (χ0n) is 9.02. The highest BCUT2D eigenvalue weighted by atomic mass is 35.5. The molecule has 0 aliphatic carbocycles. The first-order valence-electron chi connectivity index (χ1n) is 4.93. The molecule has 1 aromatic rings. The zero-order valence-corrected chi connectivity index (χ0v) is 9.78. The van der Waals surface area contributed by atoms with Gasteiger partial charge in [-0.15, -0.1) is 11.6 Å². The normalized spacial score (nSPS) is 14.6. The van der Waals surface area contributed by atoms with Crippen LogP contribution in [0.2, 0.25) is 0 Å². The molecule has 0 aromatic heterocycles. The summed E-state index contributed by atoms with van der Waals surface area (Å²) in [5.74, 6) is 0. The van der Waals surface area contributed by atoms with Gasteiger partial charge in [0.05, 0.1) is 24.0 Å². The maximum absolute atomic E-state index is 8.68. The smallest absolute Gasteiger partial charge is 0.0869 e. The molecule has 0 saturated heterocycles. The minimum absolute atomic E-state index is 0.0225. The maximum Gasteiger partial charge on any atom is 0.0869 e. The fourth-order valence-electron chi connectivity index (χ4n) is 1.73. The summed E-state index contributed by atoms with van der Waals surface area (Å²) in [7, 11) is 1.92. The summed E-state index contributed by atoms with van der Waals surface area (Å²) in [5.41, 5.74) is 1.15. The standard InChI is InChI=1S/C12H15ClN2/c1-10(13)12(15(2)9-8-14)11-6-4-3-5-7-11/h3-7,10,12H,9H2,1-2H3/t10-,12-/m1/s1. The first-order valence-corrected chi connectivity index (χ1v) is 5.36. The van der Waals surface area contributed by atoms with Gasteiger partial charge in [-0.1, -0.05) is 30.3 Å². The molecule has 1 aromatic carbocycles. The molecule has 0 fully saturated rings. The first kappa shape index (κ1) is 12.0. The molecule has 0 amide bonds. The predicted octanol–water partition coefficient (Wildman–Crippen LogP) is 2.81. The Balaban J connectivity index is 2.89. The van der Waals surface area contributed by atoms with Crippen molar-refractivity contribution in [1.29, 1.82) is 5.26 Å². The Kier molecular flexibility index (Phi) is 4.61. The van der Waals surface area contributed by atoms with Gasteiger partial charge in [-0.25, -0.2) is 0 Å². The van der Waals surface area contributed by atoms with Gasteiger partial charge in [0, 0.05) is 0 Å². The second-order valence-electron chi connectivity index (χ2n) is 3.61. The molecule has 0 aliphatic heterocycles. The molecule has 0 radical (unpaired) electrons. The van der Waals surface area contributed by atoms with Crippen LogP contribution >= 0.6 is 11.6 Å². The van der Waals surface area contributed by atoms with Crippen molar-refractivity contribution in [2.45, 2.75) is 18.3 Å².